The SMILES string of the molecule is CC(C)(C)c1csc(CCNC(=O)Cc2ccc(N)cc2)n1. The van der Waals surface area contributed by atoms with E-state index in [4.69, 9.17) is 5.73 Å². The maximum absolute atomic E-state index is 11.9. The van der Waals surface area contributed by atoms with Crippen LogP contribution < -0.4 is 11.1 Å². The summed E-state index contributed by atoms with van der Waals surface area (Å²) in [5.41, 5.74) is 8.50. The smallest absolute Gasteiger partial charge is 0.224 e. The molecule has 5 heteroatoms. The number of hydrogen-bond acceptors (Lipinski definition) is 4. The third kappa shape index (κ3) is 4.84. The van der Waals surface area contributed by atoms with Gasteiger partial charge in [-0.3, -0.25) is 4.79 Å². The van der Waals surface area contributed by atoms with Gasteiger partial charge in [-0.2, -0.15) is 0 Å². The van der Waals surface area contributed by atoms with Gasteiger partial charge in [-0.1, -0.05) is 32.9 Å². The van der Waals surface area contributed by atoms with Crippen molar-refractivity contribution in [2.75, 3.05) is 12.3 Å². The Morgan fingerprint density at radius 2 is 1.95 bits per heavy atom. The molecule has 118 valence electrons. The highest BCUT2D eigenvalue weighted by atomic mass is 32.1. The van der Waals surface area contributed by atoms with E-state index < -0.39 is 0 Å². The van der Waals surface area contributed by atoms with E-state index in [1.165, 1.54) is 0 Å². The molecule has 3 N–H and O–H groups in total. The van der Waals surface area contributed by atoms with Crippen LogP contribution in [0.1, 0.15) is 37.0 Å². The third-order valence-corrected chi connectivity index (χ3v) is 4.23. The number of aromatic nitrogens is 1. The fourth-order valence-electron chi connectivity index (χ4n) is 1.96. The van der Waals surface area contributed by atoms with E-state index in [2.05, 4.69) is 36.5 Å². The van der Waals surface area contributed by atoms with E-state index in [1.807, 2.05) is 24.3 Å². The zero-order valence-corrected chi connectivity index (χ0v) is 14.2. The summed E-state index contributed by atoms with van der Waals surface area (Å²) >= 11 is 1.66. The van der Waals surface area contributed by atoms with E-state index in [9.17, 15) is 4.79 Å². The van der Waals surface area contributed by atoms with E-state index in [-0.39, 0.29) is 11.3 Å². The molecule has 0 aliphatic heterocycles. The van der Waals surface area contributed by atoms with Crippen molar-refractivity contribution < 1.29 is 4.79 Å². The van der Waals surface area contributed by atoms with Crippen LogP contribution in [0.15, 0.2) is 29.6 Å². The summed E-state index contributed by atoms with van der Waals surface area (Å²) in [5.74, 6) is 0.0253. The molecule has 0 aliphatic carbocycles. The third-order valence-electron chi connectivity index (χ3n) is 3.33. The summed E-state index contributed by atoms with van der Waals surface area (Å²) in [6, 6.07) is 7.38. The maximum atomic E-state index is 11.9. The number of benzene rings is 1. The minimum Gasteiger partial charge on any atom is -0.399 e. The second-order valence-electron chi connectivity index (χ2n) is 6.39. The van der Waals surface area contributed by atoms with Gasteiger partial charge in [0.1, 0.15) is 0 Å². The molecule has 1 aromatic heterocycles. The first kappa shape index (κ1) is 16.5. The van der Waals surface area contributed by atoms with Crippen LogP contribution >= 0.6 is 11.3 Å². The van der Waals surface area contributed by atoms with Gasteiger partial charge in [-0.15, -0.1) is 11.3 Å². The molecule has 0 bridgehead atoms. The van der Waals surface area contributed by atoms with Crippen molar-refractivity contribution in [3.05, 3.63) is 45.9 Å². The molecule has 0 radical (unpaired) electrons. The number of hydrogen-bond donors (Lipinski definition) is 2. The summed E-state index contributed by atoms with van der Waals surface area (Å²) in [6.07, 6.45) is 1.15. The Bertz CT molecular complexity index is 626. The Balaban J connectivity index is 1.77. The molecule has 0 fully saturated rings. The van der Waals surface area contributed by atoms with E-state index in [0.29, 0.717) is 18.7 Å². The first-order chi connectivity index (χ1) is 10.3. The number of rotatable bonds is 5. The molecule has 0 aliphatic rings. The minimum absolute atomic E-state index is 0.0253. The van der Waals surface area contributed by atoms with Crippen LogP contribution in [0.4, 0.5) is 5.69 Å². The summed E-state index contributed by atoms with van der Waals surface area (Å²) in [7, 11) is 0. The molecule has 0 spiro atoms. The highest BCUT2D eigenvalue weighted by Crippen LogP contribution is 2.23. The normalized spacial score (nSPS) is 11.4. The molecule has 2 rings (SSSR count). The van der Waals surface area contributed by atoms with Crippen molar-refractivity contribution in [3.63, 3.8) is 0 Å². The predicted octanol–water partition coefficient (Wildman–Crippen LogP) is 2.92. The number of nitrogens with zero attached hydrogens (tertiary/aromatic N) is 1. The molecule has 1 amide bonds. The Kier molecular flexibility index (Phi) is 5.19. The number of thiazole rings is 1. The van der Waals surface area contributed by atoms with E-state index >= 15 is 0 Å². The molecule has 0 unspecified atom stereocenters. The van der Waals surface area contributed by atoms with Crippen molar-refractivity contribution >= 4 is 22.9 Å². The van der Waals surface area contributed by atoms with Gasteiger partial charge in [0, 0.05) is 29.4 Å². The fraction of sp³-hybridized carbons (Fsp3) is 0.412. The van der Waals surface area contributed by atoms with Crippen LogP contribution in [-0.4, -0.2) is 17.4 Å². The topological polar surface area (TPSA) is 68.0 Å². The number of nitrogens with two attached hydrogens (primary N) is 1. The molecule has 0 saturated heterocycles. The van der Waals surface area contributed by atoms with Gasteiger partial charge >= 0.3 is 0 Å². The van der Waals surface area contributed by atoms with Gasteiger partial charge in [0.15, 0.2) is 0 Å². The number of anilines is 1. The Morgan fingerprint density at radius 1 is 1.27 bits per heavy atom. The first-order valence-corrected chi connectivity index (χ1v) is 8.28. The fourth-order valence-corrected chi connectivity index (χ4v) is 2.99. The average Bonchev–Trinajstić information content (AvgIpc) is 2.90. The van der Waals surface area contributed by atoms with Crippen LogP contribution in [0.25, 0.3) is 0 Å². The van der Waals surface area contributed by atoms with E-state index in [0.717, 1.165) is 22.7 Å². The number of carbonyl (C=O) groups is 1. The number of nitrogens with one attached hydrogen (secondary N) is 1. The quantitative estimate of drug-likeness (QED) is 0.833. The highest BCUT2D eigenvalue weighted by molar-refractivity contribution is 7.09. The summed E-state index contributed by atoms with van der Waals surface area (Å²) in [6.45, 7) is 7.07. The van der Waals surface area contributed by atoms with Crippen molar-refractivity contribution in [3.8, 4) is 0 Å². The van der Waals surface area contributed by atoms with Crippen molar-refractivity contribution in [1.29, 1.82) is 0 Å². The molecule has 4 nitrogen and oxygen atoms in total. The van der Waals surface area contributed by atoms with Gasteiger partial charge in [0.05, 0.1) is 17.1 Å². The van der Waals surface area contributed by atoms with Crippen molar-refractivity contribution in [2.45, 2.75) is 39.0 Å². The highest BCUT2D eigenvalue weighted by Gasteiger charge is 2.17. The molecular formula is C17H23N3OS. The van der Waals surface area contributed by atoms with Crippen molar-refractivity contribution in [1.82, 2.24) is 10.3 Å². The first-order valence-electron chi connectivity index (χ1n) is 7.40. The number of nitrogen functional groups attached to an aromatic ring is 1. The van der Waals surface area contributed by atoms with Crippen LogP contribution in [0, 0.1) is 0 Å². The second kappa shape index (κ2) is 6.92. The lowest BCUT2D eigenvalue weighted by Crippen LogP contribution is -2.27. The summed E-state index contributed by atoms with van der Waals surface area (Å²) in [5, 5.41) is 6.11. The van der Waals surface area contributed by atoms with Crippen LogP contribution in [-0.2, 0) is 23.1 Å². The zero-order chi connectivity index (χ0) is 16.2. The lowest BCUT2D eigenvalue weighted by atomic mass is 9.93. The largest absolute Gasteiger partial charge is 0.399 e. The lowest BCUT2D eigenvalue weighted by molar-refractivity contribution is -0.120. The van der Waals surface area contributed by atoms with Gasteiger partial charge in [0.25, 0.3) is 0 Å². The van der Waals surface area contributed by atoms with Gasteiger partial charge in [-0.05, 0) is 17.7 Å². The summed E-state index contributed by atoms with van der Waals surface area (Å²) in [4.78, 5) is 16.5. The second-order valence-corrected chi connectivity index (χ2v) is 7.34. The Morgan fingerprint density at radius 3 is 2.55 bits per heavy atom. The Hall–Kier alpha value is -1.88. The average molecular weight is 317 g/mol. The maximum Gasteiger partial charge on any atom is 0.224 e. The molecule has 1 heterocycles. The zero-order valence-electron chi connectivity index (χ0n) is 13.3. The molecule has 1 aromatic carbocycles. The number of amides is 1. The lowest BCUT2D eigenvalue weighted by Gasteiger charge is -2.14. The van der Waals surface area contributed by atoms with Crippen LogP contribution in [0.2, 0.25) is 0 Å². The van der Waals surface area contributed by atoms with Gasteiger partial charge < -0.3 is 11.1 Å². The Labute approximate surface area is 135 Å². The monoisotopic (exact) mass is 317 g/mol. The predicted molar refractivity (Wildman–Crippen MR) is 92.1 cm³/mol. The van der Waals surface area contributed by atoms with Crippen LogP contribution in [0.5, 0.6) is 0 Å². The molecule has 2 aromatic rings. The van der Waals surface area contributed by atoms with Gasteiger partial charge in [-0.25, -0.2) is 4.98 Å². The number of carbonyl (C=O) groups excluding carboxylic acids is 1. The molecular weight excluding hydrogens is 294 g/mol. The molecule has 0 saturated carbocycles. The minimum atomic E-state index is 0.0253. The summed E-state index contributed by atoms with van der Waals surface area (Å²) < 4.78 is 0. The van der Waals surface area contributed by atoms with Crippen LogP contribution in [0.3, 0.4) is 0 Å². The van der Waals surface area contributed by atoms with E-state index in [1.54, 1.807) is 11.3 Å². The molecule has 0 atom stereocenters. The standard InChI is InChI=1S/C17H23N3OS/c1-17(2,3)14-11-22-16(20-14)8-9-19-15(21)10-12-4-6-13(18)7-5-12/h4-7,11H,8-10,18H2,1-3H3,(H,19,21). The molecule has 22 heavy (non-hydrogen) atoms. The van der Waals surface area contributed by atoms with Crippen molar-refractivity contribution in [2.24, 2.45) is 0 Å². The van der Waals surface area contributed by atoms with Gasteiger partial charge in [0.2, 0.25) is 5.91 Å².